The first-order chi connectivity index (χ1) is 19.8. The van der Waals surface area contributed by atoms with E-state index in [0.29, 0.717) is 33.9 Å². The molecule has 0 saturated heterocycles. The van der Waals surface area contributed by atoms with Crippen LogP contribution in [0.3, 0.4) is 0 Å². The molecule has 0 bridgehead atoms. The maximum atomic E-state index is 13.6. The molecule has 5 aromatic rings. The first-order valence-electron chi connectivity index (χ1n) is 13.9. The molecule has 214 valence electrons. The lowest BCUT2D eigenvalue weighted by Gasteiger charge is -2.24. The summed E-state index contributed by atoms with van der Waals surface area (Å²) in [6, 6.07) is 23.8. The second kappa shape index (κ2) is 11.0. The summed E-state index contributed by atoms with van der Waals surface area (Å²) in [6.07, 6.45) is 0.615. The minimum absolute atomic E-state index is 0.0201. The van der Waals surface area contributed by atoms with Gasteiger partial charge in [-0.1, -0.05) is 66.7 Å². The van der Waals surface area contributed by atoms with Crippen molar-refractivity contribution in [3.63, 3.8) is 0 Å². The number of benzene rings is 4. The van der Waals surface area contributed by atoms with Crippen molar-refractivity contribution in [1.29, 1.82) is 0 Å². The lowest BCUT2D eigenvalue weighted by atomic mass is 9.85. The van der Waals surface area contributed by atoms with Crippen LogP contribution in [0.15, 0.2) is 83.7 Å². The van der Waals surface area contributed by atoms with Gasteiger partial charge in [-0.05, 0) is 81.0 Å². The maximum absolute atomic E-state index is 13.6. The highest BCUT2D eigenvalue weighted by molar-refractivity contribution is 7.24. The summed E-state index contributed by atoms with van der Waals surface area (Å²) in [5.41, 5.74) is 2.13. The SMILES string of the molecule is Cc1cc(C)c2sc3ccccc3c(=O)c2c1CC(C)(O)C(=O)c1ccc(Cc2ccc(C(=O)C(C)(C)O)cc2)cc1. The zero-order valence-electron chi connectivity index (χ0n) is 24.4. The van der Waals surface area contributed by atoms with Crippen LogP contribution >= 0.6 is 11.3 Å². The van der Waals surface area contributed by atoms with Crippen LogP contribution in [0.2, 0.25) is 0 Å². The molecule has 0 fully saturated rings. The second-order valence-corrected chi connectivity index (χ2v) is 12.9. The van der Waals surface area contributed by atoms with Crippen LogP contribution in [0.4, 0.5) is 0 Å². The lowest BCUT2D eigenvalue weighted by molar-refractivity contribution is 0.0409. The first kappa shape index (κ1) is 29.5. The predicted molar refractivity (Wildman–Crippen MR) is 170 cm³/mol. The zero-order chi connectivity index (χ0) is 30.4. The molecule has 0 amide bonds. The van der Waals surface area contributed by atoms with Crippen LogP contribution < -0.4 is 5.43 Å². The number of Topliss-reactive ketones (excluding diaryl/α,β-unsaturated/α-hetero) is 2. The Morgan fingerprint density at radius 2 is 1.31 bits per heavy atom. The van der Waals surface area contributed by atoms with Crippen molar-refractivity contribution in [2.75, 3.05) is 0 Å². The van der Waals surface area contributed by atoms with E-state index in [9.17, 15) is 24.6 Å². The number of hydrogen-bond acceptors (Lipinski definition) is 6. The minimum Gasteiger partial charge on any atom is -0.382 e. The van der Waals surface area contributed by atoms with Crippen molar-refractivity contribution in [3.8, 4) is 0 Å². The predicted octanol–water partition coefficient (Wildman–Crippen LogP) is 6.75. The maximum Gasteiger partial charge on any atom is 0.196 e. The van der Waals surface area contributed by atoms with Crippen molar-refractivity contribution in [1.82, 2.24) is 0 Å². The summed E-state index contributed by atoms with van der Waals surface area (Å²) in [5, 5.41) is 22.7. The first-order valence-corrected chi connectivity index (χ1v) is 14.7. The molecule has 4 aromatic carbocycles. The molecule has 1 aromatic heterocycles. The molecule has 0 aliphatic heterocycles. The smallest absolute Gasteiger partial charge is 0.196 e. The lowest BCUT2D eigenvalue weighted by Crippen LogP contribution is -2.38. The van der Waals surface area contributed by atoms with Crippen LogP contribution in [0.1, 0.15) is 69.3 Å². The molecule has 42 heavy (non-hydrogen) atoms. The van der Waals surface area contributed by atoms with Crippen molar-refractivity contribution < 1.29 is 19.8 Å². The Labute approximate surface area is 249 Å². The van der Waals surface area contributed by atoms with E-state index in [-0.39, 0.29) is 17.6 Å². The Hall–Kier alpha value is -3.97. The molecule has 0 aliphatic carbocycles. The molecule has 5 nitrogen and oxygen atoms in total. The van der Waals surface area contributed by atoms with E-state index < -0.39 is 17.0 Å². The third-order valence-corrected chi connectivity index (χ3v) is 9.08. The van der Waals surface area contributed by atoms with E-state index in [0.717, 1.165) is 31.7 Å². The fourth-order valence-electron chi connectivity index (χ4n) is 5.47. The molecule has 5 rings (SSSR count). The normalized spacial score (nSPS) is 13.3. The fourth-order valence-corrected chi connectivity index (χ4v) is 6.64. The van der Waals surface area contributed by atoms with Gasteiger partial charge in [0.2, 0.25) is 0 Å². The van der Waals surface area contributed by atoms with Crippen LogP contribution in [-0.2, 0) is 12.8 Å². The number of fused-ring (bicyclic) bond motifs is 2. The average molecular weight is 579 g/mol. The summed E-state index contributed by atoms with van der Waals surface area (Å²) >= 11 is 1.56. The molecule has 6 heteroatoms. The summed E-state index contributed by atoms with van der Waals surface area (Å²) in [7, 11) is 0. The van der Waals surface area contributed by atoms with Gasteiger partial charge >= 0.3 is 0 Å². The zero-order valence-corrected chi connectivity index (χ0v) is 25.3. The number of aryl methyl sites for hydroxylation is 2. The van der Waals surface area contributed by atoms with Gasteiger partial charge < -0.3 is 10.2 Å². The van der Waals surface area contributed by atoms with Gasteiger partial charge in [-0.2, -0.15) is 0 Å². The van der Waals surface area contributed by atoms with E-state index in [2.05, 4.69) is 0 Å². The molecule has 1 heterocycles. The molecule has 0 spiro atoms. The molecular formula is C36H34O5S. The van der Waals surface area contributed by atoms with Crippen molar-refractivity contribution in [3.05, 3.63) is 128 Å². The third-order valence-electron chi connectivity index (χ3n) is 7.77. The summed E-state index contributed by atoms with van der Waals surface area (Å²) in [6.45, 7) is 8.36. The molecule has 1 atom stereocenters. The number of ketones is 2. The van der Waals surface area contributed by atoms with Gasteiger partial charge in [0.25, 0.3) is 0 Å². The molecule has 0 radical (unpaired) electrons. The minimum atomic E-state index is -1.72. The van der Waals surface area contributed by atoms with E-state index in [1.807, 2.05) is 68.4 Å². The van der Waals surface area contributed by atoms with Gasteiger partial charge in [0, 0.05) is 37.7 Å². The standard InChI is InChI=1S/C36H34O5S/c1-21-18-22(2)32-30(31(37)27-8-6-7-9-29(27)42-32)28(21)20-36(5,41)34(39)26-16-12-24(13-17-26)19-23-10-14-25(15-11-23)33(38)35(3,4)40/h6-18,40-41H,19-20H2,1-5H3. The molecular weight excluding hydrogens is 544 g/mol. The molecule has 0 aliphatic rings. The molecule has 2 N–H and O–H groups in total. The highest BCUT2D eigenvalue weighted by Gasteiger charge is 2.33. The second-order valence-electron chi connectivity index (χ2n) is 11.9. The van der Waals surface area contributed by atoms with Gasteiger partial charge in [-0.25, -0.2) is 0 Å². The monoisotopic (exact) mass is 578 g/mol. The summed E-state index contributed by atoms with van der Waals surface area (Å²) in [5.74, 6) is -0.744. The van der Waals surface area contributed by atoms with Crippen molar-refractivity contribution in [2.45, 2.75) is 58.7 Å². The van der Waals surface area contributed by atoms with Gasteiger partial charge in [0.15, 0.2) is 17.0 Å². The largest absolute Gasteiger partial charge is 0.382 e. The highest BCUT2D eigenvalue weighted by Crippen LogP contribution is 2.33. The third kappa shape index (κ3) is 5.71. The van der Waals surface area contributed by atoms with Crippen LogP contribution in [0.25, 0.3) is 20.2 Å². The Balaban J connectivity index is 1.39. The number of carbonyl (C=O) groups excluding carboxylic acids is 2. The molecule has 0 saturated carbocycles. The van der Waals surface area contributed by atoms with Gasteiger partial charge in [-0.15, -0.1) is 11.3 Å². The van der Waals surface area contributed by atoms with E-state index in [1.165, 1.54) is 20.8 Å². The number of carbonyl (C=O) groups is 2. The summed E-state index contributed by atoms with van der Waals surface area (Å²) < 4.78 is 1.79. The topological polar surface area (TPSA) is 91.7 Å². The Kier molecular flexibility index (Phi) is 7.75. The van der Waals surface area contributed by atoms with Crippen molar-refractivity contribution in [2.24, 2.45) is 0 Å². The van der Waals surface area contributed by atoms with Crippen LogP contribution in [0.5, 0.6) is 0 Å². The van der Waals surface area contributed by atoms with Crippen LogP contribution in [0, 0.1) is 13.8 Å². The average Bonchev–Trinajstić information content (AvgIpc) is 2.95. The van der Waals surface area contributed by atoms with Crippen molar-refractivity contribution >= 4 is 43.1 Å². The van der Waals surface area contributed by atoms with Gasteiger partial charge in [0.05, 0.1) is 0 Å². The quantitative estimate of drug-likeness (QED) is 0.157. The number of hydrogen-bond donors (Lipinski definition) is 2. The van der Waals surface area contributed by atoms with E-state index >= 15 is 0 Å². The number of aliphatic hydroxyl groups is 2. The fraction of sp³-hybridized carbons (Fsp3) is 0.250. The van der Waals surface area contributed by atoms with Crippen LogP contribution in [-0.4, -0.2) is 33.0 Å². The Bertz CT molecular complexity index is 1890. The van der Waals surface area contributed by atoms with E-state index in [1.54, 1.807) is 35.6 Å². The molecule has 1 unspecified atom stereocenters. The highest BCUT2D eigenvalue weighted by atomic mass is 32.1. The summed E-state index contributed by atoms with van der Waals surface area (Å²) in [4.78, 5) is 39.5. The number of rotatable bonds is 8. The Morgan fingerprint density at radius 1 is 0.762 bits per heavy atom. The van der Waals surface area contributed by atoms with Gasteiger partial charge in [0.1, 0.15) is 11.2 Å². The van der Waals surface area contributed by atoms with E-state index in [4.69, 9.17) is 0 Å². The van der Waals surface area contributed by atoms with Gasteiger partial charge in [-0.3, -0.25) is 14.4 Å². The Morgan fingerprint density at radius 3 is 1.88 bits per heavy atom.